The number of hydrogen-bond donors (Lipinski definition) is 2. The summed E-state index contributed by atoms with van der Waals surface area (Å²) in [4.78, 5) is 25.6. The molecule has 3 aromatic heterocycles. The van der Waals surface area contributed by atoms with Crippen LogP contribution >= 0.6 is 0 Å². The lowest BCUT2D eigenvalue weighted by molar-refractivity contribution is -0.192. The van der Waals surface area contributed by atoms with Crippen LogP contribution in [0.5, 0.6) is 0 Å². The highest BCUT2D eigenvalue weighted by Gasteiger charge is 2.38. The van der Waals surface area contributed by atoms with Crippen molar-refractivity contribution in [1.82, 2.24) is 19.9 Å². The SMILES string of the molecule is CS(=O)(=O)c1cncc(-c2ccnc(-c3ncc(C4CCCCC4)[nH]3)c2)c1.O=C(O)C(F)(F)F. The monoisotopic (exact) mass is 496 g/mol. The summed E-state index contributed by atoms with van der Waals surface area (Å²) in [5.41, 5.74) is 3.51. The highest BCUT2D eigenvalue weighted by Crippen LogP contribution is 2.32. The summed E-state index contributed by atoms with van der Waals surface area (Å²) in [6.07, 6.45) is 9.04. The van der Waals surface area contributed by atoms with E-state index in [0.717, 1.165) is 22.6 Å². The molecule has 0 aliphatic heterocycles. The fraction of sp³-hybridized carbons (Fsp3) is 0.364. The number of rotatable bonds is 4. The van der Waals surface area contributed by atoms with Crippen LogP contribution in [-0.4, -0.2) is 51.9 Å². The number of aromatic amines is 1. The van der Waals surface area contributed by atoms with Crippen molar-refractivity contribution in [1.29, 1.82) is 0 Å². The minimum absolute atomic E-state index is 0.205. The van der Waals surface area contributed by atoms with Gasteiger partial charge in [-0.05, 0) is 36.6 Å². The Hall–Kier alpha value is -3.28. The number of carboxylic acid groups (broad SMARTS) is 1. The van der Waals surface area contributed by atoms with Gasteiger partial charge in [-0.1, -0.05) is 19.3 Å². The standard InChI is InChI=1S/C20H22N4O2S.C2HF3O2/c1-27(25,26)17-9-16(11-21-12-17)15-7-8-22-18(10-15)20-23-13-19(24-20)14-5-3-2-4-6-14;3-2(4,5)1(6)7/h7-14H,2-6H2,1H3,(H,23,24);(H,6,7). The molecule has 0 spiro atoms. The minimum Gasteiger partial charge on any atom is -0.475 e. The van der Waals surface area contributed by atoms with E-state index in [2.05, 4.69) is 19.9 Å². The van der Waals surface area contributed by atoms with Crippen LogP contribution in [0.4, 0.5) is 13.2 Å². The zero-order valence-corrected chi connectivity index (χ0v) is 19.0. The Morgan fingerprint density at radius 1 is 1.06 bits per heavy atom. The molecule has 1 aliphatic rings. The first-order valence-corrected chi connectivity index (χ1v) is 12.3. The van der Waals surface area contributed by atoms with Crippen LogP contribution in [0, 0.1) is 0 Å². The maximum Gasteiger partial charge on any atom is 0.490 e. The molecule has 8 nitrogen and oxygen atoms in total. The zero-order valence-electron chi connectivity index (χ0n) is 18.2. The third-order valence-electron chi connectivity index (χ3n) is 5.36. The number of hydrogen-bond acceptors (Lipinski definition) is 6. The Bertz CT molecular complexity index is 1250. The molecule has 0 unspecified atom stereocenters. The molecule has 4 rings (SSSR count). The first kappa shape index (κ1) is 25.3. The second-order valence-corrected chi connectivity index (χ2v) is 9.95. The van der Waals surface area contributed by atoms with Crippen molar-refractivity contribution < 1.29 is 31.5 Å². The minimum atomic E-state index is -5.08. The van der Waals surface area contributed by atoms with Crippen LogP contribution in [0.25, 0.3) is 22.6 Å². The summed E-state index contributed by atoms with van der Waals surface area (Å²) in [6.45, 7) is 0. The summed E-state index contributed by atoms with van der Waals surface area (Å²) in [7, 11) is -3.30. The molecule has 0 radical (unpaired) electrons. The predicted molar refractivity (Wildman–Crippen MR) is 118 cm³/mol. The molecule has 182 valence electrons. The second kappa shape index (κ2) is 10.3. The van der Waals surface area contributed by atoms with Gasteiger partial charge in [0.25, 0.3) is 0 Å². The molecule has 2 N–H and O–H groups in total. The second-order valence-electron chi connectivity index (χ2n) is 7.94. The Kier molecular flexibility index (Phi) is 7.70. The number of nitrogens with zero attached hydrogens (tertiary/aromatic N) is 3. The Morgan fingerprint density at radius 3 is 2.35 bits per heavy atom. The van der Waals surface area contributed by atoms with Crippen LogP contribution in [-0.2, 0) is 14.6 Å². The van der Waals surface area contributed by atoms with E-state index in [4.69, 9.17) is 9.90 Å². The van der Waals surface area contributed by atoms with Gasteiger partial charge >= 0.3 is 12.1 Å². The lowest BCUT2D eigenvalue weighted by Gasteiger charge is -2.19. The van der Waals surface area contributed by atoms with Crippen LogP contribution in [0.15, 0.2) is 47.9 Å². The fourth-order valence-corrected chi connectivity index (χ4v) is 4.20. The Morgan fingerprint density at radius 2 is 1.74 bits per heavy atom. The highest BCUT2D eigenvalue weighted by atomic mass is 32.2. The average Bonchev–Trinajstić information content (AvgIpc) is 3.30. The Labute approximate surface area is 194 Å². The van der Waals surface area contributed by atoms with Gasteiger partial charge in [0.15, 0.2) is 15.7 Å². The van der Waals surface area contributed by atoms with E-state index < -0.39 is 22.0 Å². The number of nitrogens with one attached hydrogen (secondary N) is 1. The van der Waals surface area contributed by atoms with Crippen molar-refractivity contribution >= 4 is 15.8 Å². The predicted octanol–water partition coefficient (Wildman–Crippen LogP) is 4.62. The number of aromatic nitrogens is 4. The van der Waals surface area contributed by atoms with Crippen molar-refractivity contribution in [2.45, 2.75) is 49.1 Å². The summed E-state index contributed by atoms with van der Waals surface area (Å²) in [6, 6.07) is 5.39. The first-order chi connectivity index (χ1) is 15.9. The molecule has 1 saturated carbocycles. The van der Waals surface area contributed by atoms with Gasteiger partial charge in [0, 0.05) is 48.2 Å². The molecule has 3 heterocycles. The number of sulfone groups is 1. The van der Waals surface area contributed by atoms with E-state index in [1.165, 1.54) is 50.3 Å². The van der Waals surface area contributed by atoms with Gasteiger partial charge in [0.2, 0.25) is 0 Å². The number of carbonyl (C=O) groups is 1. The number of aliphatic carboxylic acids is 1. The van der Waals surface area contributed by atoms with Crippen molar-refractivity contribution in [3.63, 3.8) is 0 Å². The molecule has 0 amide bonds. The summed E-state index contributed by atoms with van der Waals surface area (Å²) >= 11 is 0. The van der Waals surface area contributed by atoms with Crippen LogP contribution < -0.4 is 0 Å². The molecule has 0 aromatic carbocycles. The molecular formula is C22H23F3N4O4S. The van der Waals surface area contributed by atoms with Crippen LogP contribution in [0.2, 0.25) is 0 Å². The van der Waals surface area contributed by atoms with Crippen LogP contribution in [0.1, 0.15) is 43.7 Å². The van der Waals surface area contributed by atoms with Crippen molar-refractivity contribution in [2.75, 3.05) is 6.26 Å². The smallest absolute Gasteiger partial charge is 0.475 e. The zero-order chi connectivity index (χ0) is 24.9. The number of imidazole rings is 1. The number of carboxylic acids is 1. The van der Waals surface area contributed by atoms with Gasteiger partial charge in [0.05, 0.1) is 4.90 Å². The number of alkyl halides is 3. The number of halogens is 3. The molecule has 1 aliphatic carbocycles. The van der Waals surface area contributed by atoms with Gasteiger partial charge in [-0.2, -0.15) is 13.2 Å². The molecule has 0 bridgehead atoms. The van der Waals surface area contributed by atoms with Gasteiger partial charge < -0.3 is 10.1 Å². The summed E-state index contributed by atoms with van der Waals surface area (Å²) in [5, 5.41) is 7.12. The maximum atomic E-state index is 11.8. The maximum absolute atomic E-state index is 11.8. The van der Waals surface area contributed by atoms with E-state index >= 15 is 0 Å². The van der Waals surface area contributed by atoms with E-state index in [-0.39, 0.29) is 4.90 Å². The summed E-state index contributed by atoms with van der Waals surface area (Å²) < 4.78 is 55.3. The van der Waals surface area contributed by atoms with Gasteiger partial charge in [-0.3, -0.25) is 9.97 Å². The van der Waals surface area contributed by atoms with E-state index in [1.54, 1.807) is 18.5 Å². The van der Waals surface area contributed by atoms with Crippen molar-refractivity contribution in [3.8, 4) is 22.6 Å². The third kappa shape index (κ3) is 6.62. The molecule has 0 saturated heterocycles. The molecule has 34 heavy (non-hydrogen) atoms. The van der Waals surface area contributed by atoms with E-state index in [9.17, 15) is 21.6 Å². The van der Waals surface area contributed by atoms with Gasteiger partial charge in [0.1, 0.15) is 5.69 Å². The largest absolute Gasteiger partial charge is 0.490 e. The summed E-state index contributed by atoms with van der Waals surface area (Å²) in [5.74, 6) is -1.46. The van der Waals surface area contributed by atoms with Gasteiger partial charge in [-0.15, -0.1) is 0 Å². The lowest BCUT2D eigenvalue weighted by Crippen LogP contribution is -2.21. The van der Waals surface area contributed by atoms with Crippen molar-refractivity contribution in [3.05, 3.63) is 48.7 Å². The van der Waals surface area contributed by atoms with Crippen molar-refractivity contribution in [2.24, 2.45) is 0 Å². The molecule has 0 atom stereocenters. The highest BCUT2D eigenvalue weighted by molar-refractivity contribution is 7.90. The Balaban J connectivity index is 0.000000406. The first-order valence-electron chi connectivity index (χ1n) is 10.4. The number of pyridine rings is 2. The average molecular weight is 497 g/mol. The topological polar surface area (TPSA) is 126 Å². The third-order valence-corrected chi connectivity index (χ3v) is 6.44. The lowest BCUT2D eigenvalue weighted by atomic mass is 9.87. The fourth-order valence-electron chi connectivity index (χ4n) is 3.61. The molecular weight excluding hydrogens is 473 g/mol. The molecule has 3 aromatic rings. The van der Waals surface area contributed by atoms with Gasteiger partial charge in [-0.25, -0.2) is 18.2 Å². The van der Waals surface area contributed by atoms with E-state index in [1.807, 2.05) is 18.3 Å². The normalized spacial score (nSPS) is 14.8. The quantitative estimate of drug-likeness (QED) is 0.540. The number of H-pyrrole nitrogens is 1. The molecule has 12 heteroatoms. The van der Waals surface area contributed by atoms with E-state index in [0.29, 0.717) is 5.92 Å². The molecule has 1 fully saturated rings. The van der Waals surface area contributed by atoms with Crippen LogP contribution in [0.3, 0.4) is 0 Å².